The first-order chi connectivity index (χ1) is 12.4. The van der Waals surface area contributed by atoms with Gasteiger partial charge in [0.2, 0.25) is 15.9 Å². The fourth-order valence-corrected chi connectivity index (χ4v) is 6.44. The molecule has 2 bridgehead atoms. The molecule has 3 aliphatic rings. The Kier molecular flexibility index (Phi) is 4.77. The maximum Gasteiger partial charge on any atom is 0.246 e. The molecule has 1 heterocycles. The van der Waals surface area contributed by atoms with E-state index in [0.717, 1.165) is 12.0 Å². The van der Waals surface area contributed by atoms with Crippen molar-refractivity contribution in [3.63, 3.8) is 0 Å². The lowest BCUT2D eigenvalue weighted by Gasteiger charge is -2.35. The van der Waals surface area contributed by atoms with Gasteiger partial charge in [-0.1, -0.05) is 18.6 Å². The largest absolute Gasteiger partial charge is 0.340 e. The lowest BCUT2D eigenvalue weighted by molar-refractivity contribution is -0.133. The molecule has 5 nitrogen and oxygen atoms in total. The van der Waals surface area contributed by atoms with Crippen LogP contribution < -0.4 is 0 Å². The number of rotatable bonds is 4. The molecule has 7 heteroatoms. The average Bonchev–Trinajstić information content (AvgIpc) is 3.25. The summed E-state index contributed by atoms with van der Waals surface area (Å²) in [5.74, 6) is 1.46. The molecule has 0 unspecified atom stereocenters. The topological polar surface area (TPSA) is 57.7 Å². The molecular weight excluding hydrogens is 355 g/mol. The van der Waals surface area contributed by atoms with Gasteiger partial charge in [-0.2, -0.15) is 4.31 Å². The molecule has 0 N–H and O–H groups in total. The van der Waals surface area contributed by atoms with Crippen LogP contribution in [0.3, 0.4) is 0 Å². The van der Waals surface area contributed by atoms with Gasteiger partial charge in [0.05, 0.1) is 0 Å². The summed E-state index contributed by atoms with van der Waals surface area (Å²) in [6, 6.07) is 5.44. The molecule has 142 valence electrons. The van der Waals surface area contributed by atoms with Crippen LogP contribution >= 0.6 is 0 Å². The first kappa shape index (κ1) is 17.9. The molecule has 2 saturated carbocycles. The first-order valence-electron chi connectivity index (χ1n) is 9.47. The summed E-state index contributed by atoms with van der Waals surface area (Å²) in [6.45, 7) is 1.21. The third kappa shape index (κ3) is 3.27. The van der Waals surface area contributed by atoms with Crippen LogP contribution in [0.25, 0.3) is 0 Å². The van der Waals surface area contributed by atoms with E-state index >= 15 is 0 Å². The number of carbonyl (C=O) groups is 1. The van der Waals surface area contributed by atoms with Gasteiger partial charge in [-0.3, -0.25) is 4.79 Å². The van der Waals surface area contributed by atoms with Crippen molar-refractivity contribution in [3.8, 4) is 0 Å². The zero-order valence-electron chi connectivity index (χ0n) is 14.8. The smallest absolute Gasteiger partial charge is 0.246 e. The van der Waals surface area contributed by atoms with Gasteiger partial charge in [-0.05, 0) is 49.1 Å². The Morgan fingerprint density at radius 2 is 1.81 bits per heavy atom. The van der Waals surface area contributed by atoms with Crippen molar-refractivity contribution >= 4 is 15.9 Å². The Bertz CT molecular complexity index is 790. The lowest BCUT2D eigenvalue weighted by atomic mass is 9.86. The second kappa shape index (κ2) is 6.93. The van der Waals surface area contributed by atoms with E-state index in [1.165, 1.54) is 48.2 Å². The van der Waals surface area contributed by atoms with E-state index in [-0.39, 0.29) is 23.9 Å². The Hall–Kier alpha value is -1.47. The van der Waals surface area contributed by atoms with E-state index in [0.29, 0.717) is 31.3 Å². The van der Waals surface area contributed by atoms with Crippen molar-refractivity contribution in [1.29, 1.82) is 0 Å². The number of benzene rings is 1. The van der Waals surface area contributed by atoms with Gasteiger partial charge in [-0.15, -0.1) is 0 Å². The molecule has 3 atom stereocenters. The van der Waals surface area contributed by atoms with E-state index in [4.69, 9.17) is 0 Å². The van der Waals surface area contributed by atoms with Gasteiger partial charge in [0, 0.05) is 32.6 Å². The number of fused-ring (bicyclic) bond motifs is 2. The van der Waals surface area contributed by atoms with Crippen LogP contribution in [0.2, 0.25) is 0 Å². The summed E-state index contributed by atoms with van der Waals surface area (Å²) in [6.07, 6.45) is 5.64. The highest BCUT2D eigenvalue weighted by Gasteiger charge is 2.41. The van der Waals surface area contributed by atoms with Gasteiger partial charge in [0.1, 0.15) is 10.7 Å². The van der Waals surface area contributed by atoms with Crippen LogP contribution in [0, 0.1) is 23.6 Å². The Morgan fingerprint density at radius 3 is 2.42 bits per heavy atom. The van der Waals surface area contributed by atoms with Crippen LogP contribution in [0.1, 0.15) is 32.1 Å². The van der Waals surface area contributed by atoms with E-state index in [2.05, 4.69) is 0 Å². The number of sulfonamides is 1. The van der Waals surface area contributed by atoms with Gasteiger partial charge >= 0.3 is 0 Å². The number of carbonyl (C=O) groups excluding carboxylic acids is 1. The SMILES string of the molecule is O=C(C[C@H]1C[C@@H]2CC[C@@H]1C2)N1CCN(S(=O)(=O)c2ccccc2F)CC1. The number of hydrogen-bond acceptors (Lipinski definition) is 3. The summed E-state index contributed by atoms with van der Waals surface area (Å²) < 4.78 is 40.4. The molecule has 1 aromatic rings. The Balaban J connectivity index is 1.35. The second-order valence-electron chi connectivity index (χ2n) is 7.85. The summed E-state index contributed by atoms with van der Waals surface area (Å²) in [7, 11) is -3.85. The predicted molar refractivity (Wildman–Crippen MR) is 95.3 cm³/mol. The molecule has 1 saturated heterocycles. The fraction of sp³-hybridized carbons (Fsp3) is 0.632. The van der Waals surface area contributed by atoms with Crippen LogP contribution in [-0.2, 0) is 14.8 Å². The van der Waals surface area contributed by atoms with Gasteiger partial charge in [-0.25, -0.2) is 12.8 Å². The zero-order chi connectivity index (χ0) is 18.3. The van der Waals surface area contributed by atoms with Crippen LogP contribution in [0.15, 0.2) is 29.2 Å². The number of nitrogens with zero attached hydrogens (tertiary/aromatic N) is 2. The minimum absolute atomic E-state index is 0.144. The van der Waals surface area contributed by atoms with Gasteiger partial charge in [0.25, 0.3) is 0 Å². The molecule has 0 aromatic heterocycles. The molecule has 1 aliphatic heterocycles. The number of halogens is 1. The predicted octanol–water partition coefficient (Wildman–Crippen LogP) is 2.48. The van der Waals surface area contributed by atoms with Crippen molar-refractivity contribution in [1.82, 2.24) is 9.21 Å². The molecule has 0 spiro atoms. The van der Waals surface area contributed by atoms with Crippen molar-refractivity contribution in [2.75, 3.05) is 26.2 Å². The van der Waals surface area contributed by atoms with E-state index in [1.807, 2.05) is 0 Å². The van der Waals surface area contributed by atoms with Crippen molar-refractivity contribution in [3.05, 3.63) is 30.1 Å². The summed E-state index contributed by atoms with van der Waals surface area (Å²) >= 11 is 0. The van der Waals surface area contributed by atoms with Crippen LogP contribution in [0.5, 0.6) is 0 Å². The lowest BCUT2D eigenvalue weighted by Crippen LogP contribution is -2.50. The summed E-state index contributed by atoms with van der Waals surface area (Å²) in [5.41, 5.74) is 0. The molecule has 3 fully saturated rings. The molecular formula is C19H25FN2O3S. The molecule has 1 amide bonds. The molecule has 4 rings (SSSR count). The van der Waals surface area contributed by atoms with E-state index in [1.54, 1.807) is 4.90 Å². The normalized spacial score (nSPS) is 29.3. The minimum Gasteiger partial charge on any atom is -0.340 e. The maximum absolute atomic E-state index is 13.9. The maximum atomic E-state index is 13.9. The average molecular weight is 380 g/mol. The van der Waals surface area contributed by atoms with Crippen LogP contribution in [-0.4, -0.2) is 49.7 Å². The quantitative estimate of drug-likeness (QED) is 0.806. The van der Waals surface area contributed by atoms with Crippen LogP contribution in [0.4, 0.5) is 4.39 Å². The Morgan fingerprint density at radius 1 is 1.08 bits per heavy atom. The summed E-state index contributed by atoms with van der Waals surface area (Å²) in [4.78, 5) is 14.1. The number of hydrogen-bond donors (Lipinski definition) is 0. The fourth-order valence-electron chi connectivity index (χ4n) is 4.95. The summed E-state index contributed by atoms with van der Waals surface area (Å²) in [5, 5.41) is 0. The number of amides is 1. The highest BCUT2D eigenvalue weighted by Crippen LogP contribution is 2.49. The second-order valence-corrected chi connectivity index (χ2v) is 9.76. The highest BCUT2D eigenvalue weighted by molar-refractivity contribution is 7.89. The minimum atomic E-state index is -3.85. The third-order valence-electron chi connectivity index (χ3n) is 6.37. The van der Waals surface area contributed by atoms with E-state index < -0.39 is 15.8 Å². The molecule has 2 aliphatic carbocycles. The third-order valence-corrected chi connectivity index (χ3v) is 8.30. The van der Waals surface area contributed by atoms with Gasteiger partial charge in [0.15, 0.2) is 0 Å². The van der Waals surface area contributed by atoms with Crippen molar-refractivity contribution < 1.29 is 17.6 Å². The zero-order valence-corrected chi connectivity index (χ0v) is 15.6. The monoisotopic (exact) mass is 380 g/mol. The van der Waals surface area contributed by atoms with E-state index in [9.17, 15) is 17.6 Å². The van der Waals surface area contributed by atoms with Gasteiger partial charge < -0.3 is 4.90 Å². The first-order valence-corrected chi connectivity index (χ1v) is 10.9. The number of piperazine rings is 1. The van der Waals surface area contributed by atoms with Crippen molar-refractivity contribution in [2.45, 2.75) is 37.0 Å². The molecule has 26 heavy (non-hydrogen) atoms. The Labute approximate surface area is 154 Å². The molecule has 0 radical (unpaired) electrons. The standard InChI is InChI=1S/C19H25FN2O3S/c20-17-3-1-2-4-18(17)26(24,25)22-9-7-21(8-10-22)19(23)13-16-12-14-5-6-15(16)11-14/h1-4,14-16H,5-13H2/t14-,15-,16-/m1/s1. The molecule has 1 aromatic carbocycles. The highest BCUT2D eigenvalue weighted by atomic mass is 32.2. The van der Waals surface area contributed by atoms with Crippen molar-refractivity contribution in [2.24, 2.45) is 17.8 Å².